The van der Waals surface area contributed by atoms with Gasteiger partial charge in [-0.15, -0.1) is 0 Å². The Bertz CT molecular complexity index is 360. The molecule has 2 atom stereocenters. The van der Waals surface area contributed by atoms with Gasteiger partial charge in [-0.25, -0.2) is 4.98 Å². The SMILES string of the molecule is CC(=O)N[C@@H]1CNC[C@H]1c1nccn1C. The maximum Gasteiger partial charge on any atom is 0.217 e. The van der Waals surface area contributed by atoms with Crippen LogP contribution < -0.4 is 10.6 Å². The van der Waals surface area contributed by atoms with Crippen LogP contribution in [0.4, 0.5) is 0 Å². The maximum absolute atomic E-state index is 11.0. The van der Waals surface area contributed by atoms with Gasteiger partial charge in [0, 0.05) is 39.5 Å². The molecule has 0 spiro atoms. The summed E-state index contributed by atoms with van der Waals surface area (Å²) in [6.07, 6.45) is 3.72. The third-order valence-corrected chi connectivity index (χ3v) is 2.79. The second kappa shape index (κ2) is 4.02. The molecule has 1 saturated heterocycles. The fourth-order valence-corrected chi connectivity index (χ4v) is 2.10. The van der Waals surface area contributed by atoms with E-state index in [2.05, 4.69) is 15.6 Å². The highest BCUT2D eigenvalue weighted by atomic mass is 16.1. The lowest BCUT2D eigenvalue weighted by molar-refractivity contribution is -0.119. The largest absolute Gasteiger partial charge is 0.352 e. The lowest BCUT2D eigenvalue weighted by Gasteiger charge is -2.18. The molecule has 0 saturated carbocycles. The number of imidazole rings is 1. The van der Waals surface area contributed by atoms with E-state index in [-0.39, 0.29) is 17.9 Å². The molecule has 2 heterocycles. The monoisotopic (exact) mass is 208 g/mol. The van der Waals surface area contributed by atoms with E-state index in [1.54, 1.807) is 13.1 Å². The second-order valence-corrected chi connectivity index (χ2v) is 3.97. The highest BCUT2D eigenvalue weighted by Gasteiger charge is 2.31. The minimum Gasteiger partial charge on any atom is -0.352 e. The molecule has 15 heavy (non-hydrogen) atoms. The highest BCUT2D eigenvalue weighted by molar-refractivity contribution is 5.73. The summed E-state index contributed by atoms with van der Waals surface area (Å²) in [7, 11) is 1.98. The van der Waals surface area contributed by atoms with E-state index in [0.717, 1.165) is 18.9 Å². The molecule has 82 valence electrons. The van der Waals surface area contributed by atoms with E-state index >= 15 is 0 Å². The Morgan fingerprint density at radius 1 is 1.67 bits per heavy atom. The number of hydrogen-bond acceptors (Lipinski definition) is 3. The van der Waals surface area contributed by atoms with Crippen molar-refractivity contribution in [3.05, 3.63) is 18.2 Å². The minimum atomic E-state index is 0.0166. The molecule has 0 radical (unpaired) electrons. The first-order valence-electron chi connectivity index (χ1n) is 5.13. The molecule has 5 heteroatoms. The smallest absolute Gasteiger partial charge is 0.217 e. The van der Waals surface area contributed by atoms with Crippen LogP contribution in [-0.2, 0) is 11.8 Å². The van der Waals surface area contributed by atoms with Crippen molar-refractivity contribution >= 4 is 5.91 Å². The molecule has 2 rings (SSSR count). The van der Waals surface area contributed by atoms with E-state index in [0.29, 0.717) is 0 Å². The molecule has 0 bridgehead atoms. The Morgan fingerprint density at radius 2 is 2.47 bits per heavy atom. The topological polar surface area (TPSA) is 59.0 Å². The van der Waals surface area contributed by atoms with Gasteiger partial charge in [0.2, 0.25) is 5.91 Å². The van der Waals surface area contributed by atoms with E-state index < -0.39 is 0 Å². The van der Waals surface area contributed by atoms with E-state index in [9.17, 15) is 4.79 Å². The second-order valence-electron chi connectivity index (χ2n) is 3.97. The molecular formula is C10H16N4O. The average Bonchev–Trinajstić information content (AvgIpc) is 2.73. The van der Waals surface area contributed by atoms with Crippen LogP contribution in [-0.4, -0.2) is 34.6 Å². The Hall–Kier alpha value is -1.36. The van der Waals surface area contributed by atoms with Crippen molar-refractivity contribution in [3.63, 3.8) is 0 Å². The Kier molecular flexibility index (Phi) is 2.73. The van der Waals surface area contributed by atoms with Gasteiger partial charge >= 0.3 is 0 Å². The van der Waals surface area contributed by atoms with Gasteiger partial charge in [-0.1, -0.05) is 0 Å². The van der Waals surface area contributed by atoms with E-state index in [4.69, 9.17) is 0 Å². The van der Waals surface area contributed by atoms with Crippen molar-refractivity contribution in [2.45, 2.75) is 18.9 Å². The predicted octanol–water partition coefficient (Wildman–Crippen LogP) is -0.388. The highest BCUT2D eigenvalue weighted by Crippen LogP contribution is 2.20. The van der Waals surface area contributed by atoms with Gasteiger partial charge < -0.3 is 15.2 Å². The first-order valence-corrected chi connectivity index (χ1v) is 5.13. The van der Waals surface area contributed by atoms with Crippen molar-refractivity contribution in [3.8, 4) is 0 Å². The van der Waals surface area contributed by atoms with Gasteiger partial charge in [-0.3, -0.25) is 4.79 Å². The summed E-state index contributed by atoms with van der Waals surface area (Å²) < 4.78 is 2.01. The Labute approximate surface area is 88.9 Å². The molecule has 0 unspecified atom stereocenters. The Morgan fingerprint density at radius 3 is 3.07 bits per heavy atom. The molecule has 0 aromatic carbocycles. The van der Waals surface area contributed by atoms with Crippen LogP contribution in [0.2, 0.25) is 0 Å². The molecule has 2 N–H and O–H groups in total. The van der Waals surface area contributed by atoms with Crippen LogP contribution in [0, 0.1) is 0 Å². The number of carbonyl (C=O) groups excluding carboxylic acids is 1. The van der Waals surface area contributed by atoms with Crippen LogP contribution in [0.1, 0.15) is 18.7 Å². The van der Waals surface area contributed by atoms with Gasteiger partial charge in [0.05, 0.1) is 12.0 Å². The normalized spacial score (nSPS) is 25.5. The zero-order chi connectivity index (χ0) is 10.8. The zero-order valence-corrected chi connectivity index (χ0v) is 9.03. The fraction of sp³-hybridized carbons (Fsp3) is 0.600. The number of aromatic nitrogens is 2. The first-order chi connectivity index (χ1) is 7.18. The number of rotatable bonds is 2. The number of nitrogens with zero attached hydrogens (tertiary/aromatic N) is 2. The standard InChI is InChI=1S/C10H16N4O/c1-7(15)13-9-6-11-5-8(9)10-12-3-4-14(10)2/h3-4,8-9,11H,5-6H2,1-2H3,(H,13,15)/t8-,9-/m1/s1. The summed E-state index contributed by atoms with van der Waals surface area (Å²) in [6, 6.07) is 0.156. The fourth-order valence-electron chi connectivity index (χ4n) is 2.10. The quantitative estimate of drug-likeness (QED) is 0.696. The molecular weight excluding hydrogens is 192 g/mol. The number of aryl methyl sites for hydroxylation is 1. The van der Waals surface area contributed by atoms with E-state index in [1.807, 2.05) is 17.8 Å². The van der Waals surface area contributed by atoms with Gasteiger partial charge in [0.1, 0.15) is 5.82 Å². The summed E-state index contributed by atoms with van der Waals surface area (Å²) in [5.41, 5.74) is 0. The van der Waals surface area contributed by atoms with Crippen LogP contribution in [0.3, 0.4) is 0 Å². The van der Waals surface area contributed by atoms with Crippen molar-refractivity contribution < 1.29 is 4.79 Å². The summed E-state index contributed by atoms with van der Waals surface area (Å²) in [4.78, 5) is 15.4. The van der Waals surface area contributed by atoms with Gasteiger partial charge in [0.15, 0.2) is 0 Å². The molecule has 1 aliphatic heterocycles. The summed E-state index contributed by atoms with van der Waals surface area (Å²) >= 11 is 0. The number of nitrogens with one attached hydrogen (secondary N) is 2. The lowest BCUT2D eigenvalue weighted by atomic mass is 10.0. The van der Waals surface area contributed by atoms with Crippen molar-refractivity contribution in [2.75, 3.05) is 13.1 Å². The third-order valence-electron chi connectivity index (χ3n) is 2.79. The predicted molar refractivity (Wildman–Crippen MR) is 56.4 cm³/mol. The minimum absolute atomic E-state index is 0.0166. The van der Waals surface area contributed by atoms with Crippen molar-refractivity contribution in [2.24, 2.45) is 7.05 Å². The molecule has 5 nitrogen and oxygen atoms in total. The van der Waals surface area contributed by atoms with Crippen LogP contribution in [0.15, 0.2) is 12.4 Å². The van der Waals surface area contributed by atoms with Gasteiger partial charge in [-0.2, -0.15) is 0 Å². The molecule has 1 aliphatic rings. The van der Waals surface area contributed by atoms with Crippen LogP contribution in [0.5, 0.6) is 0 Å². The van der Waals surface area contributed by atoms with Gasteiger partial charge in [0.25, 0.3) is 0 Å². The molecule has 1 fully saturated rings. The number of hydrogen-bond donors (Lipinski definition) is 2. The molecule has 1 aromatic rings. The summed E-state index contributed by atoms with van der Waals surface area (Å²) in [5, 5.41) is 6.23. The Balaban J connectivity index is 2.14. The summed E-state index contributed by atoms with van der Waals surface area (Å²) in [6.45, 7) is 3.24. The lowest BCUT2D eigenvalue weighted by Crippen LogP contribution is -2.38. The first kappa shape index (κ1) is 10.2. The van der Waals surface area contributed by atoms with Crippen LogP contribution >= 0.6 is 0 Å². The van der Waals surface area contributed by atoms with E-state index in [1.165, 1.54) is 0 Å². The van der Waals surface area contributed by atoms with Gasteiger partial charge in [-0.05, 0) is 0 Å². The number of carbonyl (C=O) groups is 1. The molecule has 0 aliphatic carbocycles. The number of amides is 1. The zero-order valence-electron chi connectivity index (χ0n) is 9.03. The summed E-state index contributed by atoms with van der Waals surface area (Å²) in [5.74, 6) is 1.32. The maximum atomic E-state index is 11.0. The molecule has 1 amide bonds. The van der Waals surface area contributed by atoms with Crippen molar-refractivity contribution in [1.29, 1.82) is 0 Å². The molecule has 1 aromatic heterocycles. The van der Waals surface area contributed by atoms with Crippen LogP contribution in [0.25, 0.3) is 0 Å². The third kappa shape index (κ3) is 2.02. The van der Waals surface area contributed by atoms with Crippen molar-refractivity contribution in [1.82, 2.24) is 20.2 Å². The average molecular weight is 208 g/mol.